The molecule has 6 rings (SSSR count). The van der Waals surface area contributed by atoms with E-state index in [0.717, 1.165) is 32.8 Å². The highest BCUT2D eigenvalue weighted by molar-refractivity contribution is 6.07. The van der Waals surface area contributed by atoms with E-state index in [2.05, 4.69) is 6.07 Å². The molecule has 4 heterocycles. The Balaban J connectivity index is 1.60. The molecule has 7 heteroatoms. The number of rotatable bonds is 2. The van der Waals surface area contributed by atoms with Gasteiger partial charge >= 0.3 is 5.97 Å². The molecular weight excluding hydrogens is 408 g/mol. The molecular formula is C25H20N2O5. The van der Waals surface area contributed by atoms with Gasteiger partial charge in [0.1, 0.15) is 6.61 Å². The van der Waals surface area contributed by atoms with Gasteiger partial charge in [0, 0.05) is 16.5 Å². The Hall–Kier alpha value is -3.55. The van der Waals surface area contributed by atoms with E-state index in [4.69, 9.17) is 9.72 Å². The predicted molar refractivity (Wildman–Crippen MR) is 118 cm³/mol. The molecule has 2 aromatic carbocycles. The maximum absolute atomic E-state index is 13.3. The molecule has 7 nitrogen and oxygen atoms in total. The van der Waals surface area contributed by atoms with E-state index < -0.39 is 11.6 Å². The molecule has 160 valence electrons. The van der Waals surface area contributed by atoms with Crippen LogP contribution >= 0.6 is 0 Å². The largest absolute Gasteiger partial charge is 0.458 e. The summed E-state index contributed by atoms with van der Waals surface area (Å²) in [5, 5.41) is 23.4. The molecule has 4 aromatic rings. The van der Waals surface area contributed by atoms with Crippen molar-refractivity contribution >= 4 is 27.6 Å². The molecule has 0 saturated carbocycles. The summed E-state index contributed by atoms with van der Waals surface area (Å²) >= 11 is 0. The summed E-state index contributed by atoms with van der Waals surface area (Å²) in [5.74, 6) is -0.727. The fourth-order valence-corrected chi connectivity index (χ4v) is 4.94. The Bertz CT molecular complexity index is 1540. The lowest BCUT2D eigenvalue weighted by molar-refractivity contribution is -0.172. The number of cyclic esters (lactones) is 1. The number of carbonyl (C=O) groups excluding carboxylic acids is 1. The third-order valence-electron chi connectivity index (χ3n) is 6.75. The van der Waals surface area contributed by atoms with Gasteiger partial charge in [0.15, 0.2) is 5.60 Å². The van der Waals surface area contributed by atoms with Gasteiger partial charge in [0.2, 0.25) is 0 Å². The zero-order chi connectivity index (χ0) is 22.2. The minimum atomic E-state index is -1.83. The lowest BCUT2D eigenvalue weighted by Crippen LogP contribution is -2.44. The Morgan fingerprint density at radius 1 is 1.12 bits per heavy atom. The van der Waals surface area contributed by atoms with Crippen molar-refractivity contribution in [3.8, 4) is 11.4 Å². The van der Waals surface area contributed by atoms with E-state index in [-0.39, 0.29) is 25.2 Å². The summed E-state index contributed by atoms with van der Waals surface area (Å²) in [7, 11) is 0. The van der Waals surface area contributed by atoms with E-state index in [1.165, 1.54) is 0 Å². The van der Waals surface area contributed by atoms with Crippen LogP contribution in [0.2, 0.25) is 0 Å². The molecule has 1 atom stereocenters. The number of nitrogens with zero attached hydrogens (tertiary/aromatic N) is 2. The van der Waals surface area contributed by atoms with Gasteiger partial charge in [-0.25, -0.2) is 9.78 Å². The van der Waals surface area contributed by atoms with Crippen LogP contribution in [0.5, 0.6) is 0 Å². The van der Waals surface area contributed by atoms with Crippen molar-refractivity contribution in [2.45, 2.75) is 38.7 Å². The van der Waals surface area contributed by atoms with Gasteiger partial charge in [0.25, 0.3) is 5.56 Å². The van der Waals surface area contributed by atoms with Crippen molar-refractivity contribution in [3.63, 3.8) is 0 Å². The van der Waals surface area contributed by atoms with Crippen molar-refractivity contribution in [2.24, 2.45) is 0 Å². The average molecular weight is 428 g/mol. The van der Waals surface area contributed by atoms with Crippen molar-refractivity contribution in [2.75, 3.05) is 0 Å². The van der Waals surface area contributed by atoms with Gasteiger partial charge in [-0.15, -0.1) is 0 Å². The molecule has 0 spiro atoms. The molecule has 0 radical (unpaired) electrons. The fraction of sp³-hybridized carbons (Fsp3) is 0.240. The van der Waals surface area contributed by atoms with Gasteiger partial charge in [-0.3, -0.25) is 4.79 Å². The maximum atomic E-state index is 13.3. The average Bonchev–Trinajstić information content (AvgIpc) is 3.18. The van der Waals surface area contributed by atoms with Crippen molar-refractivity contribution in [1.82, 2.24) is 9.55 Å². The number of fused-ring (bicyclic) bond motifs is 7. The minimum Gasteiger partial charge on any atom is -0.458 e. The zero-order valence-corrected chi connectivity index (χ0v) is 17.4. The normalized spacial score (nSPS) is 19.0. The molecule has 2 aromatic heterocycles. The van der Waals surface area contributed by atoms with Gasteiger partial charge in [-0.1, -0.05) is 25.1 Å². The van der Waals surface area contributed by atoms with E-state index >= 15 is 0 Å². The second-order valence-corrected chi connectivity index (χ2v) is 8.45. The minimum absolute atomic E-state index is 0.0182. The lowest BCUT2D eigenvalue weighted by atomic mass is 9.86. The molecule has 2 aliphatic heterocycles. The van der Waals surface area contributed by atoms with Gasteiger partial charge in [0.05, 0.1) is 35.6 Å². The summed E-state index contributed by atoms with van der Waals surface area (Å²) in [6.07, 6.45) is 0.113. The number of pyridine rings is 2. The smallest absolute Gasteiger partial charge is 0.343 e. The Labute approximate surface area is 182 Å². The summed E-state index contributed by atoms with van der Waals surface area (Å²) in [4.78, 5) is 30.4. The SMILES string of the molecule is CC[C@@]1(O)C(=O)OCc2c1cc1n(c2=O)Cc2cc3c(ccc4cc(CO)ccc43)nc2-1. The first-order chi connectivity index (χ1) is 15.4. The number of benzene rings is 2. The number of ether oxygens (including phenoxy) is 1. The van der Waals surface area contributed by atoms with Crippen molar-refractivity contribution < 1.29 is 19.7 Å². The van der Waals surface area contributed by atoms with E-state index in [9.17, 15) is 19.8 Å². The van der Waals surface area contributed by atoms with Crippen LogP contribution in [0.3, 0.4) is 0 Å². The molecule has 0 fully saturated rings. The van der Waals surface area contributed by atoms with Crippen LogP contribution in [0.25, 0.3) is 33.1 Å². The van der Waals surface area contributed by atoms with Crippen LogP contribution < -0.4 is 5.56 Å². The quantitative estimate of drug-likeness (QED) is 0.331. The van der Waals surface area contributed by atoms with E-state index in [1.807, 2.05) is 30.3 Å². The number of aromatic nitrogens is 2. The molecule has 32 heavy (non-hydrogen) atoms. The van der Waals surface area contributed by atoms with Crippen LogP contribution in [0, 0.1) is 0 Å². The summed E-state index contributed by atoms with van der Waals surface area (Å²) in [6.45, 7) is 1.90. The highest BCUT2D eigenvalue weighted by Gasteiger charge is 2.45. The van der Waals surface area contributed by atoms with Crippen LogP contribution in [0.15, 0.2) is 47.3 Å². The maximum Gasteiger partial charge on any atom is 0.343 e. The van der Waals surface area contributed by atoms with Crippen molar-refractivity contribution in [3.05, 3.63) is 75.1 Å². The van der Waals surface area contributed by atoms with Gasteiger partial charge in [-0.05, 0) is 47.0 Å². The van der Waals surface area contributed by atoms with Gasteiger partial charge < -0.3 is 19.5 Å². The predicted octanol–water partition coefficient (Wildman–Crippen LogP) is 2.73. The molecule has 2 aliphatic rings. The number of esters is 1. The number of hydrogen-bond acceptors (Lipinski definition) is 6. The first-order valence-electron chi connectivity index (χ1n) is 10.6. The summed E-state index contributed by atoms with van der Waals surface area (Å²) < 4.78 is 6.76. The second-order valence-electron chi connectivity index (χ2n) is 8.45. The van der Waals surface area contributed by atoms with Crippen LogP contribution in [-0.2, 0) is 34.9 Å². The highest BCUT2D eigenvalue weighted by atomic mass is 16.6. The molecule has 2 N–H and O–H groups in total. The zero-order valence-electron chi connectivity index (χ0n) is 17.4. The molecule has 0 unspecified atom stereocenters. The lowest BCUT2D eigenvalue weighted by Gasteiger charge is -2.31. The van der Waals surface area contributed by atoms with E-state index in [1.54, 1.807) is 17.6 Å². The fourth-order valence-electron chi connectivity index (χ4n) is 4.94. The number of hydrogen-bond donors (Lipinski definition) is 2. The number of carbonyl (C=O) groups is 1. The van der Waals surface area contributed by atoms with Crippen LogP contribution in [0.1, 0.15) is 35.6 Å². The Morgan fingerprint density at radius 3 is 2.75 bits per heavy atom. The third kappa shape index (κ3) is 2.40. The number of aliphatic hydroxyl groups excluding tert-OH is 1. The standard InChI is InChI=1S/C25H20N2O5/c1-2-25(31)19-9-21-22-15(10-27(21)23(29)18(19)12-32-24(25)30)8-17-16-5-3-13(11-28)7-14(16)4-6-20(17)26-22/h3-9,28,31H,2,10-12H2,1H3/t25-/m0/s1. The summed E-state index contributed by atoms with van der Waals surface area (Å²) in [6, 6.07) is 13.5. The molecule has 0 amide bonds. The summed E-state index contributed by atoms with van der Waals surface area (Å²) in [5.41, 5.74) is 2.35. The topological polar surface area (TPSA) is 102 Å². The second kappa shape index (κ2) is 6.48. The van der Waals surface area contributed by atoms with Crippen LogP contribution in [0.4, 0.5) is 0 Å². The Morgan fingerprint density at radius 2 is 1.97 bits per heavy atom. The first kappa shape index (κ1) is 19.2. The first-order valence-corrected chi connectivity index (χ1v) is 10.6. The molecule has 0 saturated heterocycles. The highest BCUT2D eigenvalue weighted by Crippen LogP contribution is 2.39. The van der Waals surface area contributed by atoms with Crippen LogP contribution in [-0.4, -0.2) is 25.7 Å². The van der Waals surface area contributed by atoms with E-state index in [0.29, 0.717) is 29.1 Å². The van der Waals surface area contributed by atoms with Crippen molar-refractivity contribution in [1.29, 1.82) is 0 Å². The molecule has 0 bridgehead atoms. The third-order valence-corrected chi connectivity index (χ3v) is 6.75. The number of aliphatic hydroxyl groups is 2. The Kier molecular flexibility index (Phi) is 3.88. The molecule has 0 aliphatic carbocycles. The van der Waals surface area contributed by atoms with Gasteiger partial charge in [-0.2, -0.15) is 0 Å². The monoisotopic (exact) mass is 428 g/mol.